The standard InChI is InChI=1S/C13H28N2O/c1-4-12(5-2)9-15(6-3)10-13-11-16-8-7-14-13/h12-14H,4-11H2,1-3H3. The number of ether oxygens (including phenoxy) is 1. The second-order valence-corrected chi connectivity index (χ2v) is 4.76. The summed E-state index contributed by atoms with van der Waals surface area (Å²) in [5, 5.41) is 3.53. The number of nitrogens with zero attached hydrogens (tertiary/aromatic N) is 1. The van der Waals surface area contributed by atoms with Gasteiger partial charge in [0.05, 0.1) is 13.2 Å². The maximum absolute atomic E-state index is 5.50. The number of hydrogen-bond acceptors (Lipinski definition) is 3. The SMILES string of the molecule is CCC(CC)CN(CC)CC1COCCN1. The number of likely N-dealkylation sites (N-methyl/N-ethyl adjacent to an activating group) is 1. The fourth-order valence-corrected chi connectivity index (χ4v) is 2.29. The molecule has 1 aliphatic heterocycles. The van der Waals surface area contributed by atoms with E-state index in [4.69, 9.17) is 4.74 Å². The van der Waals surface area contributed by atoms with Gasteiger partial charge in [-0.1, -0.05) is 33.6 Å². The smallest absolute Gasteiger partial charge is 0.0632 e. The molecular formula is C13H28N2O. The molecule has 0 aromatic rings. The van der Waals surface area contributed by atoms with E-state index in [1.54, 1.807) is 0 Å². The molecule has 0 amide bonds. The van der Waals surface area contributed by atoms with E-state index in [-0.39, 0.29) is 0 Å². The summed E-state index contributed by atoms with van der Waals surface area (Å²) in [5.41, 5.74) is 0. The largest absolute Gasteiger partial charge is 0.378 e. The second kappa shape index (κ2) is 8.04. The van der Waals surface area contributed by atoms with E-state index in [2.05, 4.69) is 31.0 Å². The Balaban J connectivity index is 2.29. The Kier molecular flexibility index (Phi) is 7.01. The van der Waals surface area contributed by atoms with Gasteiger partial charge in [0.15, 0.2) is 0 Å². The maximum atomic E-state index is 5.50. The zero-order valence-corrected chi connectivity index (χ0v) is 11.2. The average molecular weight is 228 g/mol. The molecule has 0 spiro atoms. The van der Waals surface area contributed by atoms with E-state index in [9.17, 15) is 0 Å². The first kappa shape index (κ1) is 13.9. The Morgan fingerprint density at radius 3 is 2.56 bits per heavy atom. The van der Waals surface area contributed by atoms with Crippen LogP contribution in [0.1, 0.15) is 33.6 Å². The van der Waals surface area contributed by atoms with Crippen LogP contribution in [-0.2, 0) is 4.74 Å². The van der Waals surface area contributed by atoms with E-state index in [0.717, 1.165) is 38.8 Å². The third-order valence-corrected chi connectivity index (χ3v) is 3.60. The maximum Gasteiger partial charge on any atom is 0.0632 e. The van der Waals surface area contributed by atoms with Gasteiger partial charge < -0.3 is 15.0 Å². The van der Waals surface area contributed by atoms with Crippen LogP contribution in [0.5, 0.6) is 0 Å². The minimum atomic E-state index is 0.531. The van der Waals surface area contributed by atoms with Crippen molar-refractivity contribution in [2.24, 2.45) is 5.92 Å². The van der Waals surface area contributed by atoms with Crippen molar-refractivity contribution < 1.29 is 4.74 Å². The van der Waals surface area contributed by atoms with Crippen molar-refractivity contribution >= 4 is 0 Å². The van der Waals surface area contributed by atoms with Crippen molar-refractivity contribution in [3.05, 3.63) is 0 Å². The first-order valence-electron chi connectivity index (χ1n) is 6.83. The highest BCUT2D eigenvalue weighted by Gasteiger charge is 2.17. The predicted molar refractivity (Wildman–Crippen MR) is 68.8 cm³/mol. The van der Waals surface area contributed by atoms with E-state index in [1.807, 2.05) is 0 Å². The number of morpholine rings is 1. The zero-order chi connectivity index (χ0) is 11.8. The normalized spacial score (nSPS) is 21.9. The molecule has 1 atom stereocenters. The lowest BCUT2D eigenvalue weighted by molar-refractivity contribution is 0.0599. The molecule has 0 saturated carbocycles. The number of nitrogens with one attached hydrogen (secondary N) is 1. The molecule has 16 heavy (non-hydrogen) atoms. The molecule has 96 valence electrons. The van der Waals surface area contributed by atoms with Gasteiger partial charge in [-0.3, -0.25) is 0 Å². The van der Waals surface area contributed by atoms with Gasteiger partial charge in [0.25, 0.3) is 0 Å². The highest BCUT2D eigenvalue weighted by atomic mass is 16.5. The monoisotopic (exact) mass is 228 g/mol. The van der Waals surface area contributed by atoms with Crippen molar-refractivity contribution in [1.29, 1.82) is 0 Å². The summed E-state index contributed by atoms with van der Waals surface area (Å²) >= 11 is 0. The van der Waals surface area contributed by atoms with Crippen molar-refractivity contribution in [3.8, 4) is 0 Å². The van der Waals surface area contributed by atoms with Crippen molar-refractivity contribution in [1.82, 2.24) is 10.2 Å². The van der Waals surface area contributed by atoms with Crippen molar-refractivity contribution in [2.75, 3.05) is 39.4 Å². The molecule has 1 unspecified atom stereocenters. The lowest BCUT2D eigenvalue weighted by Crippen LogP contribution is -2.49. The van der Waals surface area contributed by atoms with Crippen LogP contribution in [0.25, 0.3) is 0 Å². The van der Waals surface area contributed by atoms with Crippen LogP contribution in [-0.4, -0.2) is 50.3 Å². The molecule has 1 saturated heterocycles. The summed E-state index contributed by atoms with van der Waals surface area (Å²) in [6.45, 7) is 13.1. The molecule has 1 rings (SSSR count). The quantitative estimate of drug-likeness (QED) is 0.718. The molecule has 1 fully saturated rings. The molecular weight excluding hydrogens is 200 g/mol. The van der Waals surface area contributed by atoms with Crippen LogP contribution in [0.15, 0.2) is 0 Å². The topological polar surface area (TPSA) is 24.5 Å². The van der Waals surface area contributed by atoms with Gasteiger partial charge in [-0.25, -0.2) is 0 Å². The molecule has 0 aromatic carbocycles. The predicted octanol–water partition coefficient (Wildman–Crippen LogP) is 1.73. The molecule has 3 heteroatoms. The van der Waals surface area contributed by atoms with Crippen molar-refractivity contribution in [3.63, 3.8) is 0 Å². The summed E-state index contributed by atoms with van der Waals surface area (Å²) in [5.74, 6) is 0.851. The molecule has 1 N–H and O–H groups in total. The zero-order valence-electron chi connectivity index (χ0n) is 11.2. The first-order chi connectivity index (χ1) is 7.80. The molecule has 0 radical (unpaired) electrons. The van der Waals surface area contributed by atoms with Crippen LogP contribution in [0.3, 0.4) is 0 Å². The minimum absolute atomic E-state index is 0.531. The Bertz CT molecular complexity index is 165. The van der Waals surface area contributed by atoms with Crippen LogP contribution < -0.4 is 5.32 Å². The minimum Gasteiger partial charge on any atom is -0.378 e. The summed E-state index contributed by atoms with van der Waals surface area (Å²) in [7, 11) is 0. The van der Waals surface area contributed by atoms with Gasteiger partial charge in [0.2, 0.25) is 0 Å². The fourth-order valence-electron chi connectivity index (χ4n) is 2.29. The molecule has 3 nitrogen and oxygen atoms in total. The lowest BCUT2D eigenvalue weighted by atomic mass is 10.0. The van der Waals surface area contributed by atoms with Gasteiger partial charge in [0.1, 0.15) is 0 Å². The van der Waals surface area contributed by atoms with Gasteiger partial charge in [-0.05, 0) is 12.5 Å². The first-order valence-corrected chi connectivity index (χ1v) is 6.83. The van der Waals surface area contributed by atoms with Gasteiger partial charge >= 0.3 is 0 Å². The van der Waals surface area contributed by atoms with Crippen LogP contribution in [0.4, 0.5) is 0 Å². The molecule has 1 heterocycles. The summed E-state index contributed by atoms with van der Waals surface area (Å²) in [6.07, 6.45) is 2.59. The number of rotatable bonds is 7. The lowest BCUT2D eigenvalue weighted by Gasteiger charge is -2.31. The average Bonchev–Trinajstić information content (AvgIpc) is 2.35. The summed E-state index contributed by atoms with van der Waals surface area (Å²) in [4.78, 5) is 2.56. The third-order valence-electron chi connectivity index (χ3n) is 3.60. The Morgan fingerprint density at radius 1 is 1.31 bits per heavy atom. The van der Waals surface area contributed by atoms with E-state index in [1.165, 1.54) is 19.4 Å². The third kappa shape index (κ3) is 4.81. The fraction of sp³-hybridized carbons (Fsp3) is 1.00. The molecule has 0 bridgehead atoms. The van der Waals surface area contributed by atoms with Crippen LogP contribution in [0, 0.1) is 5.92 Å². The number of hydrogen-bond donors (Lipinski definition) is 1. The molecule has 0 aromatic heterocycles. The van der Waals surface area contributed by atoms with Crippen molar-refractivity contribution in [2.45, 2.75) is 39.7 Å². The highest BCUT2D eigenvalue weighted by molar-refractivity contribution is 4.75. The van der Waals surface area contributed by atoms with Gasteiger partial charge in [-0.2, -0.15) is 0 Å². The summed E-state index contributed by atoms with van der Waals surface area (Å²) in [6, 6.07) is 0.531. The molecule has 1 aliphatic rings. The van der Waals surface area contributed by atoms with E-state index in [0.29, 0.717) is 6.04 Å². The van der Waals surface area contributed by atoms with Gasteiger partial charge in [-0.15, -0.1) is 0 Å². The Labute approximate surface area is 101 Å². The summed E-state index contributed by atoms with van der Waals surface area (Å²) < 4.78 is 5.50. The van der Waals surface area contributed by atoms with E-state index < -0.39 is 0 Å². The van der Waals surface area contributed by atoms with Crippen LogP contribution in [0.2, 0.25) is 0 Å². The molecule has 0 aliphatic carbocycles. The highest BCUT2D eigenvalue weighted by Crippen LogP contribution is 2.10. The van der Waals surface area contributed by atoms with Gasteiger partial charge in [0, 0.05) is 25.7 Å². The van der Waals surface area contributed by atoms with Crippen LogP contribution >= 0.6 is 0 Å². The Morgan fingerprint density at radius 2 is 2.06 bits per heavy atom. The Hall–Kier alpha value is -0.120. The van der Waals surface area contributed by atoms with E-state index >= 15 is 0 Å². The second-order valence-electron chi connectivity index (χ2n) is 4.76.